The van der Waals surface area contributed by atoms with Gasteiger partial charge in [0.05, 0.1) is 4.90 Å². The zero-order valence-corrected chi connectivity index (χ0v) is 10.5. The summed E-state index contributed by atoms with van der Waals surface area (Å²) in [7, 11) is -3.80. The summed E-state index contributed by atoms with van der Waals surface area (Å²) in [4.78, 5) is 19.4. The summed E-state index contributed by atoms with van der Waals surface area (Å²) < 4.78 is 23.5. The Kier molecular flexibility index (Phi) is 3.83. The molecular weight excluding hydrogens is 256 g/mol. The zero-order valence-electron chi connectivity index (χ0n) is 9.70. The van der Waals surface area contributed by atoms with E-state index in [0.29, 0.717) is 13.1 Å². The first-order chi connectivity index (χ1) is 8.59. The Balaban J connectivity index is 1.95. The third kappa shape index (κ3) is 2.99. The molecule has 98 valence electrons. The van der Waals surface area contributed by atoms with E-state index in [0.717, 1.165) is 12.8 Å². The standard InChI is InChI=1S/C11H14N2O4S/c14-11(13-8-4-5-9-13)17-12-18(15,16)10-6-2-1-3-7-10/h1-3,6-7,12H,4-5,8-9H2. The molecule has 1 amide bonds. The Bertz CT molecular complexity index is 509. The second kappa shape index (κ2) is 5.36. The Morgan fingerprint density at radius 2 is 1.78 bits per heavy atom. The van der Waals surface area contributed by atoms with Crippen LogP contribution >= 0.6 is 0 Å². The van der Waals surface area contributed by atoms with Crippen LogP contribution in [0.25, 0.3) is 0 Å². The van der Waals surface area contributed by atoms with Crippen LogP contribution in [0.3, 0.4) is 0 Å². The molecular formula is C11H14N2O4S. The van der Waals surface area contributed by atoms with Gasteiger partial charge in [0.2, 0.25) is 0 Å². The van der Waals surface area contributed by atoms with Gasteiger partial charge in [-0.2, -0.15) is 0 Å². The van der Waals surface area contributed by atoms with Crippen LogP contribution in [0.4, 0.5) is 4.79 Å². The molecule has 1 heterocycles. The normalized spacial score (nSPS) is 15.7. The molecule has 1 aliphatic rings. The molecule has 2 rings (SSSR count). The molecule has 0 aliphatic carbocycles. The summed E-state index contributed by atoms with van der Waals surface area (Å²) in [5, 5.41) is 0. The van der Waals surface area contributed by atoms with E-state index in [4.69, 9.17) is 0 Å². The number of carbonyl (C=O) groups is 1. The van der Waals surface area contributed by atoms with Crippen molar-refractivity contribution < 1.29 is 18.0 Å². The molecule has 0 aromatic heterocycles. The summed E-state index contributed by atoms with van der Waals surface area (Å²) in [6, 6.07) is 7.74. The monoisotopic (exact) mass is 270 g/mol. The van der Waals surface area contributed by atoms with Gasteiger partial charge in [0, 0.05) is 13.1 Å². The molecule has 6 nitrogen and oxygen atoms in total. The van der Waals surface area contributed by atoms with Crippen LogP contribution in [-0.4, -0.2) is 32.5 Å². The summed E-state index contributed by atoms with van der Waals surface area (Å²) in [5.41, 5.74) is 0. The number of amides is 1. The smallest absolute Gasteiger partial charge is 0.338 e. The second-order valence-electron chi connectivity index (χ2n) is 3.96. The molecule has 1 N–H and O–H groups in total. The summed E-state index contributed by atoms with van der Waals surface area (Å²) >= 11 is 0. The van der Waals surface area contributed by atoms with Gasteiger partial charge < -0.3 is 9.74 Å². The molecule has 1 aromatic rings. The fourth-order valence-electron chi connectivity index (χ4n) is 1.70. The third-order valence-electron chi connectivity index (χ3n) is 2.66. The lowest BCUT2D eigenvalue weighted by molar-refractivity contribution is 0.0909. The van der Waals surface area contributed by atoms with E-state index >= 15 is 0 Å². The summed E-state index contributed by atoms with van der Waals surface area (Å²) in [6.07, 6.45) is 1.17. The van der Waals surface area contributed by atoms with Crippen LogP contribution in [-0.2, 0) is 14.9 Å². The number of carbonyl (C=O) groups excluding carboxylic acids is 1. The van der Waals surface area contributed by atoms with Gasteiger partial charge in [0.15, 0.2) is 0 Å². The van der Waals surface area contributed by atoms with E-state index in [2.05, 4.69) is 4.84 Å². The highest BCUT2D eigenvalue weighted by Crippen LogP contribution is 2.10. The number of rotatable bonds is 3. The number of hydrogen-bond donors (Lipinski definition) is 1. The molecule has 0 radical (unpaired) electrons. The first-order valence-corrected chi connectivity index (χ1v) is 7.10. The van der Waals surface area contributed by atoms with Crippen molar-refractivity contribution in [2.24, 2.45) is 0 Å². The average Bonchev–Trinajstić information content (AvgIpc) is 2.91. The van der Waals surface area contributed by atoms with Gasteiger partial charge in [0.25, 0.3) is 10.0 Å². The van der Waals surface area contributed by atoms with E-state index in [1.54, 1.807) is 18.2 Å². The lowest BCUT2D eigenvalue weighted by atomic mass is 10.4. The summed E-state index contributed by atoms with van der Waals surface area (Å²) in [6.45, 7) is 1.21. The summed E-state index contributed by atoms with van der Waals surface area (Å²) in [5.74, 6) is 0. The molecule has 0 bridgehead atoms. The molecule has 1 aliphatic heterocycles. The van der Waals surface area contributed by atoms with Gasteiger partial charge in [-0.15, -0.1) is 0 Å². The maximum Gasteiger partial charge on any atom is 0.429 e. The minimum atomic E-state index is -3.80. The van der Waals surface area contributed by atoms with Crippen molar-refractivity contribution in [3.63, 3.8) is 0 Å². The predicted molar refractivity (Wildman–Crippen MR) is 64.1 cm³/mol. The Morgan fingerprint density at radius 3 is 2.39 bits per heavy atom. The fourth-order valence-corrected chi connectivity index (χ4v) is 2.50. The highest BCUT2D eigenvalue weighted by atomic mass is 32.2. The average molecular weight is 270 g/mol. The molecule has 1 fully saturated rings. The van der Waals surface area contributed by atoms with Crippen molar-refractivity contribution in [1.82, 2.24) is 9.79 Å². The minimum Gasteiger partial charge on any atom is -0.338 e. The number of benzene rings is 1. The molecule has 1 saturated heterocycles. The molecule has 18 heavy (non-hydrogen) atoms. The van der Waals surface area contributed by atoms with Crippen molar-refractivity contribution in [1.29, 1.82) is 0 Å². The number of hydrogen-bond acceptors (Lipinski definition) is 4. The third-order valence-corrected chi connectivity index (χ3v) is 3.85. The first kappa shape index (κ1) is 12.8. The van der Waals surface area contributed by atoms with E-state index in [1.807, 2.05) is 4.89 Å². The van der Waals surface area contributed by atoms with E-state index < -0.39 is 16.1 Å². The molecule has 0 spiro atoms. The van der Waals surface area contributed by atoms with Crippen molar-refractivity contribution in [3.8, 4) is 0 Å². The van der Waals surface area contributed by atoms with E-state index in [-0.39, 0.29) is 4.90 Å². The molecule has 0 atom stereocenters. The number of nitrogens with zero attached hydrogens (tertiary/aromatic N) is 1. The molecule has 7 heteroatoms. The molecule has 0 unspecified atom stereocenters. The quantitative estimate of drug-likeness (QED) is 0.835. The number of likely N-dealkylation sites (tertiary alicyclic amines) is 1. The maximum atomic E-state index is 11.7. The second-order valence-corrected chi connectivity index (χ2v) is 5.61. The van der Waals surface area contributed by atoms with Crippen molar-refractivity contribution in [2.75, 3.05) is 13.1 Å². The predicted octanol–water partition coefficient (Wildman–Crippen LogP) is 1.11. The van der Waals surface area contributed by atoms with Crippen LogP contribution < -0.4 is 4.89 Å². The van der Waals surface area contributed by atoms with Crippen LogP contribution in [0.2, 0.25) is 0 Å². The van der Waals surface area contributed by atoms with Gasteiger partial charge in [0.1, 0.15) is 0 Å². The SMILES string of the molecule is O=C(ONS(=O)(=O)c1ccccc1)N1CCCC1. The highest BCUT2D eigenvalue weighted by Gasteiger charge is 2.22. The first-order valence-electron chi connectivity index (χ1n) is 5.62. The number of nitrogens with one attached hydrogen (secondary N) is 1. The van der Waals surface area contributed by atoms with Gasteiger partial charge in [-0.3, -0.25) is 0 Å². The highest BCUT2D eigenvalue weighted by molar-refractivity contribution is 7.89. The van der Waals surface area contributed by atoms with Gasteiger partial charge >= 0.3 is 6.09 Å². The zero-order chi connectivity index (χ0) is 13.0. The van der Waals surface area contributed by atoms with Crippen LogP contribution in [0, 0.1) is 0 Å². The minimum absolute atomic E-state index is 0.0548. The largest absolute Gasteiger partial charge is 0.429 e. The van der Waals surface area contributed by atoms with Crippen molar-refractivity contribution in [3.05, 3.63) is 30.3 Å². The topological polar surface area (TPSA) is 75.7 Å². The van der Waals surface area contributed by atoms with E-state index in [9.17, 15) is 13.2 Å². The van der Waals surface area contributed by atoms with E-state index in [1.165, 1.54) is 17.0 Å². The molecule has 0 saturated carbocycles. The van der Waals surface area contributed by atoms with Crippen LogP contribution in [0.5, 0.6) is 0 Å². The lowest BCUT2D eigenvalue weighted by Gasteiger charge is -2.14. The van der Waals surface area contributed by atoms with Crippen molar-refractivity contribution >= 4 is 16.1 Å². The van der Waals surface area contributed by atoms with Gasteiger partial charge in [-0.25, -0.2) is 13.2 Å². The Morgan fingerprint density at radius 1 is 1.17 bits per heavy atom. The lowest BCUT2D eigenvalue weighted by Crippen LogP contribution is -2.35. The van der Waals surface area contributed by atoms with Crippen LogP contribution in [0.15, 0.2) is 35.2 Å². The number of sulfonamides is 1. The molecule has 1 aromatic carbocycles. The fraction of sp³-hybridized carbons (Fsp3) is 0.364. The Hall–Kier alpha value is -1.60. The Labute approximate surface area is 106 Å². The van der Waals surface area contributed by atoms with Gasteiger partial charge in [-0.05, 0) is 29.9 Å². The maximum absolute atomic E-state index is 11.7. The van der Waals surface area contributed by atoms with Crippen LogP contribution in [0.1, 0.15) is 12.8 Å². The van der Waals surface area contributed by atoms with Gasteiger partial charge in [-0.1, -0.05) is 18.2 Å². The van der Waals surface area contributed by atoms with Crippen molar-refractivity contribution in [2.45, 2.75) is 17.7 Å².